The van der Waals surface area contributed by atoms with E-state index in [0.29, 0.717) is 0 Å². The van der Waals surface area contributed by atoms with Crippen molar-refractivity contribution in [2.24, 2.45) is 10.8 Å². The first-order valence-corrected chi connectivity index (χ1v) is 12.5. The second-order valence-corrected chi connectivity index (χ2v) is 12.9. The molecule has 0 fully saturated rings. The molecule has 4 heteroatoms. The Balaban J connectivity index is 1.78. The molecule has 0 spiro atoms. The molecule has 0 amide bonds. The third kappa shape index (κ3) is 3.77. The van der Waals surface area contributed by atoms with Crippen LogP contribution in [0.4, 0.5) is 23.0 Å². The molecule has 1 unspecified atom stereocenters. The van der Waals surface area contributed by atoms with Crippen molar-refractivity contribution in [2.75, 3.05) is 9.80 Å². The molecule has 4 nitrogen and oxygen atoms in total. The van der Waals surface area contributed by atoms with Crippen LogP contribution in [0, 0.1) is 10.8 Å². The Morgan fingerprint density at radius 2 is 1.21 bits per heavy atom. The van der Waals surface area contributed by atoms with Crippen LogP contribution in [0.5, 0.6) is 0 Å². The lowest BCUT2D eigenvalue weighted by molar-refractivity contribution is 0.384. The molecule has 0 saturated heterocycles. The van der Waals surface area contributed by atoms with Gasteiger partial charge in [-0.25, -0.2) is 9.97 Å². The van der Waals surface area contributed by atoms with Gasteiger partial charge in [-0.3, -0.25) is 0 Å². The zero-order valence-electron chi connectivity index (χ0n) is 22.0. The highest BCUT2D eigenvalue weighted by Gasteiger charge is 2.55. The fraction of sp³-hybridized carbons (Fsp3) is 0.467. The molecule has 2 aliphatic heterocycles. The summed E-state index contributed by atoms with van der Waals surface area (Å²) in [5.74, 6) is 1.97. The monoisotopic (exact) mass is 454 g/mol. The maximum absolute atomic E-state index is 5.43. The van der Waals surface area contributed by atoms with Crippen LogP contribution in [-0.4, -0.2) is 16.1 Å². The van der Waals surface area contributed by atoms with Crippen molar-refractivity contribution in [2.45, 2.75) is 79.8 Å². The molecule has 2 aromatic carbocycles. The standard InChI is InChI=1S/C30H38N4/c1-28(2,3)18-22-23(19-29(4,5)6)32-26-25(31-22)33(20-14-10-9-11-15-20)27-30(7,8)21-16-12-13-17-24(21)34(26)27/h9-17,27H,18-19H2,1-8H3. The molecule has 0 radical (unpaired) electrons. The molecular formula is C30H38N4. The zero-order chi connectivity index (χ0) is 24.5. The summed E-state index contributed by atoms with van der Waals surface area (Å²) < 4.78 is 0. The summed E-state index contributed by atoms with van der Waals surface area (Å²) in [6.07, 6.45) is 1.91. The Kier molecular flexibility index (Phi) is 5.09. The third-order valence-corrected chi connectivity index (χ3v) is 6.89. The Hall–Kier alpha value is -2.88. The highest BCUT2D eigenvalue weighted by molar-refractivity contribution is 5.88. The summed E-state index contributed by atoms with van der Waals surface area (Å²) in [5.41, 5.74) is 6.22. The molecule has 3 heterocycles. The number of hydrogen-bond acceptors (Lipinski definition) is 4. The first kappa shape index (κ1) is 22.9. The largest absolute Gasteiger partial charge is 0.301 e. The van der Waals surface area contributed by atoms with Crippen molar-refractivity contribution in [1.82, 2.24) is 9.97 Å². The average Bonchev–Trinajstić information content (AvgIpc) is 3.18. The van der Waals surface area contributed by atoms with Crippen LogP contribution in [0.2, 0.25) is 0 Å². The summed E-state index contributed by atoms with van der Waals surface area (Å²) in [6, 6.07) is 19.5. The van der Waals surface area contributed by atoms with Crippen LogP contribution < -0.4 is 9.80 Å². The molecule has 2 aliphatic rings. The van der Waals surface area contributed by atoms with E-state index in [4.69, 9.17) is 9.97 Å². The molecule has 0 bridgehead atoms. The van der Waals surface area contributed by atoms with E-state index in [2.05, 4.69) is 120 Å². The van der Waals surface area contributed by atoms with Crippen molar-refractivity contribution in [3.05, 3.63) is 71.5 Å². The molecule has 34 heavy (non-hydrogen) atoms. The first-order chi connectivity index (χ1) is 15.9. The van der Waals surface area contributed by atoms with E-state index < -0.39 is 0 Å². The number of aromatic nitrogens is 2. The van der Waals surface area contributed by atoms with E-state index >= 15 is 0 Å². The van der Waals surface area contributed by atoms with Gasteiger partial charge in [0.2, 0.25) is 0 Å². The number of benzene rings is 2. The molecular weight excluding hydrogens is 416 g/mol. The average molecular weight is 455 g/mol. The minimum atomic E-state index is -0.0941. The van der Waals surface area contributed by atoms with Crippen molar-refractivity contribution >= 4 is 23.0 Å². The number of para-hydroxylation sites is 2. The molecule has 0 aliphatic carbocycles. The predicted octanol–water partition coefficient (Wildman–Crippen LogP) is 7.56. The third-order valence-electron chi connectivity index (χ3n) is 6.89. The van der Waals surface area contributed by atoms with Gasteiger partial charge in [0, 0.05) is 16.8 Å². The molecule has 5 rings (SSSR count). The van der Waals surface area contributed by atoms with Crippen molar-refractivity contribution in [3.8, 4) is 0 Å². The highest BCUT2D eigenvalue weighted by Crippen LogP contribution is 2.57. The van der Waals surface area contributed by atoms with E-state index in [1.165, 1.54) is 11.3 Å². The lowest BCUT2D eigenvalue weighted by Crippen LogP contribution is -2.46. The van der Waals surface area contributed by atoms with Gasteiger partial charge in [0.25, 0.3) is 0 Å². The van der Waals surface area contributed by atoms with Gasteiger partial charge in [-0.2, -0.15) is 0 Å². The van der Waals surface area contributed by atoms with Crippen LogP contribution in [0.25, 0.3) is 0 Å². The number of nitrogens with zero attached hydrogens (tertiary/aromatic N) is 4. The SMILES string of the molecule is CC(C)(C)Cc1nc2c(nc1CC(C)(C)C)N1c3ccccc3C(C)(C)C1N2c1ccccc1. The minimum Gasteiger partial charge on any atom is -0.301 e. The van der Waals surface area contributed by atoms with E-state index in [0.717, 1.165) is 41.6 Å². The molecule has 0 N–H and O–H groups in total. The maximum Gasteiger partial charge on any atom is 0.178 e. The van der Waals surface area contributed by atoms with Crippen molar-refractivity contribution in [1.29, 1.82) is 0 Å². The molecule has 1 atom stereocenters. The van der Waals surface area contributed by atoms with Gasteiger partial charge >= 0.3 is 0 Å². The lowest BCUT2D eigenvalue weighted by atomic mass is 9.83. The topological polar surface area (TPSA) is 32.3 Å². The minimum absolute atomic E-state index is 0.0923. The maximum atomic E-state index is 5.43. The lowest BCUT2D eigenvalue weighted by Gasteiger charge is -2.36. The molecule has 0 saturated carbocycles. The summed E-state index contributed by atoms with van der Waals surface area (Å²) in [5, 5.41) is 0. The van der Waals surface area contributed by atoms with Crippen molar-refractivity contribution in [3.63, 3.8) is 0 Å². The van der Waals surface area contributed by atoms with Crippen LogP contribution in [0.3, 0.4) is 0 Å². The van der Waals surface area contributed by atoms with Gasteiger partial charge in [-0.1, -0.05) is 91.8 Å². The van der Waals surface area contributed by atoms with Crippen molar-refractivity contribution < 1.29 is 0 Å². The normalized spacial score (nSPS) is 18.6. The Labute approximate surface area is 205 Å². The summed E-state index contributed by atoms with van der Waals surface area (Å²) in [4.78, 5) is 15.7. The first-order valence-electron chi connectivity index (χ1n) is 12.5. The van der Waals surface area contributed by atoms with Crippen LogP contribution in [-0.2, 0) is 18.3 Å². The Bertz CT molecular complexity index is 1180. The van der Waals surface area contributed by atoms with E-state index in [9.17, 15) is 0 Å². The van der Waals surface area contributed by atoms with Gasteiger partial charge in [0.15, 0.2) is 11.6 Å². The zero-order valence-corrected chi connectivity index (χ0v) is 22.0. The van der Waals surface area contributed by atoms with Gasteiger partial charge in [0.05, 0.1) is 11.4 Å². The van der Waals surface area contributed by atoms with Gasteiger partial charge < -0.3 is 9.80 Å². The van der Waals surface area contributed by atoms with Crippen LogP contribution in [0.15, 0.2) is 54.6 Å². The van der Waals surface area contributed by atoms with E-state index in [1.807, 2.05) is 0 Å². The smallest absolute Gasteiger partial charge is 0.178 e. The Morgan fingerprint density at radius 3 is 1.76 bits per heavy atom. The van der Waals surface area contributed by atoms with Gasteiger partial charge in [-0.15, -0.1) is 0 Å². The fourth-order valence-corrected chi connectivity index (χ4v) is 5.55. The van der Waals surface area contributed by atoms with Gasteiger partial charge in [0.1, 0.15) is 6.17 Å². The molecule has 1 aromatic heterocycles. The molecule has 178 valence electrons. The number of rotatable bonds is 3. The fourth-order valence-electron chi connectivity index (χ4n) is 5.55. The van der Waals surface area contributed by atoms with Crippen LogP contribution in [0.1, 0.15) is 72.3 Å². The number of anilines is 4. The number of hydrogen-bond donors (Lipinski definition) is 0. The summed E-state index contributed by atoms with van der Waals surface area (Å²) in [7, 11) is 0. The quantitative estimate of drug-likeness (QED) is 0.409. The highest BCUT2D eigenvalue weighted by atomic mass is 15.5. The van der Waals surface area contributed by atoms with Gasteiger partial charge in [-0.05, 0) is 47.4 Å². The summed E-state index contributed by atoms with van der Waals surface area (Å²) >= 11 is 0. The Morgan fingerprint density at radius 1 is 0.706 bits per heavy atom. The van der Waals surface area contributed by atoms with E-state index in [1.54, 1.807) is 0 Å². The van der Waals surface area contributed by atoms with Crippen LogP contribution >= 0.6 is 0 Å². The van der Waals surface area contributed by atoms with E-state index in [-0.39, 0.29) is 22.4 Å². The second-order valence-electron chi connectivity index (χ2n) is 12.9. The number of fused-ring (bicyclic) bond motifs is 5. The predicted molar refractivity (Wildman–Crippen MR) is 142 cm³/mol. The second kappa shape index (κ2) is 7.56. The summed E-state index contributed by atoms with van der Waals surface area (Å²) in [6.45, 7) is 18.4. The molecule has 3 aromatic rings.